The Labute approximate surface area is 263 Å². The number of carbonyl (C=O) groups excluding carboxylic acids is 2. The van der Waals surface area contributed by atoms with Gasteiger partial charge in [0.1, 0.15) is 24.1 Å². The van der Waals surface area contributed by atoms with Gasteiger partial charge in [-0.05, 0) is 56.2 Å². The van der Waals surface area contributed by atoms with Crippen LogP contribution in [0.25, 0.3) is 0 Å². The SMILES string of the molecule is COc1ccc(OC)c(N(CC(=O)N(Cc2c(Cl)cccc2Cl)C(C)C(=O)NCC(C)C)S(=O)(=O)c2ccc(C)cc2)c1. The van der Waals surface area contributed by atoms with Crippen LogP contribution in [-0.2, 0) is 26.2 Å². The van der Waals surface area contributed by atoms with E-state index in [1.54, 1.807) is 49.4 Å². The fourth-order valence-electron chi connectivity index (χ4n) is 4.23. The molecule has 0 spiro atoms. The van der Waals surface area contributed by atoms with Crippen LogP contribution in [0.3, 0.4) is 0 Å². The lowest BCUT2D eigenvalue weighted by atomic mass is 10.1. The summed E-state index contributed by atoms with van der Waals surface area (Å²) in [6.07, 6.45) is 0. The number of hydrogen-bond acceptors (Lipinski definition) is 6. The van der Waals surface area contributed by atoms with Gasteiger partial charge in [-0.3, -0.25) is 13.9 Å². The van der Waals surface area contributed by atoms with Crippen molar-refractivity contribution in [1.82, 2.24) is 10.2 Å². The largest absolute Gasteiger partial charge is 0.497 e. The first-order valence-corrected chi connectivity index (χ1v) is 15.8. The zero-order valence-corrected chi connectivity index (χ0v) is 27.4. The summed E-state index contributed by atoms with van der Waals surface area (Å²) in [5.74, 6) is -0.337. The highest BCUT2D eigenvalue weighted by molar-refractivity contribution is 7.92. The van der Waals surface area contributed by atoms with Gasteiger partial charge < -0.3 is 19.7 Å². The van der Waals surface area contributed by atoms with Gasteiger partial charge in [0.05, 0.1) is 24.8 Å². The molecule has 0 bridgehead atoms. The monoisotopic (exact) mass is 649 g/mol. The maximum atomic E-state index is 14.2. The minimum atomic E-state index is -4.32. The summed E-state index contributed by atoms with van der Waals surface area (Å²) < 4.78 is 40.1. The molecule has 3 aromatic rings. The summed E-state index contributed by atoms with van der Waals surface area (Å²) in [4.78, 5) is 28.7. The number of benzene rings is 3. The van der Waals surface area contributed by atoms with E-state index in [-0.39, 0.29) is 28.8 Å². The van der Waals surface area contributed by atoms with Gasteiger partial charge in [-0.2, -0.15) is 0 Å². The van der Waals surface area contributed by atoms with E-state index in [9.17, 15) is 18.0 Å². The van der Waals surface area contributed by atoms with Crippen LogP contribution in [-0.4, -0.2) is 58.5 Å². The van der Waals surface area contributed by atoms with Crippen LogP contribution in [0.2, 0.25) is 10.0 Å². The fourth-order valence-corrected chi connectivity index (χ4v) is 6.16. The Morgan fingerprint density at radius 1 is 0.930 bits per heavy atom. The summed E-state index contributed by atoms with van der Waals surface area (Å²) in [5, 5.41) is 3.45. The molecule has 3 aromatic carbocycles. The Hall–Kier alpha value is -3.47. The van der Waals surface area contributed by atoms with Crippen molar-refractivity contribution in [1.29, 1.82) is 0 Å². The number of carbonyl (C=O) groups is 2. The lowest BCUT2D eigenvalue weighted by Gasteiger charge is -2.33. The van der Waals surface area contributed by atoms with Crippen LogP contribution >= 0.6 is 23.2 Å². The highest BCUT2D eigenvalue weighted by Crippen LogP contribution is 2.36. The summed E-state index contributed by atoms with van der Waals surface area (Å²) in [6.45, 7) is 6.91. The van der Waals surface area contributed by atoms with Gasteiger partial charge in [0, 0.05) is 34.8 Å². The zero-order chi connectivity index (χ0) is 31.9. The fraction of sp³-hybridized carbons (Fsp3) is 0.355. The highest BCUT2D eigenvalue weighted by atomic mass is 35.5. The predicted octanol–water partition coefficient (Wildman–Crippen LogP) is 5.70. The number of anilines is 1. The van der Waals surface area contributed by atoms with Crippen molar-refractivity contribution in [2.45, 2.75) is 45.2 Å². The summed E-state index contributed by atoms with van der Waals surface area (Å²) in [5.41, 5.74) is 1.38. The molecule has 1 atom stereocenters. The minimum Gasteiger partial charge on any atom is -0.497 e. The molecule has 0 fully saturated rings. The van der Waals surface area contributed by atoms with Gasteiger partial charge in [-0.1, -0.05) is 60.8 Å². The number of rotatable bonds is 13. The maximum Gasteiger partial charge on any atom is 0.264 e. The van der Waals surface area contributed by atoms with E-state index in [1.807, 2.05) is 20.8 Å². The first-order chi connectivity index (χ1) is 20.3. The van der Waals surface area contributed by atoms with Crippen LogP contribution < -0.4 is 19.1 Å². The van der Waals surface area contributed by atoms with Gasteiger partial charge in [-0.25, -0.2) is 8.42 Å². The van der Waals surface area contributed by atoms with Crippen molar-refractivity contribution in [2.24, 2.45) is 5.92 Å². The molecular formula is C31H37Cl2N3O6S. The Bertz CT molecular complexity index is 1530. The van der Waals surface area contributed by atoms with Gasteiger partial charge in [0.15, 0.2) is 0 Å². The first-order valence-electron chi connectivity index (χ1n) is 13.6. The van der Waals surface area contributed by atoms with E-state index in [2.05, 4.69) is 5.32 Å². The quantitative estimate of drug-likeness (QED) is 0.255. The molecule has 1 N–H and O–H groups in total. The van der Waals surface area contributed by atoms with E-state index in [4.69, 9.17) is 32.7 Å². The number of hydrogen-bond donors (Lipinski definition) is 1. The van der Waals surface area contributed by atoms with Crippen molar-refractivity contribution in [3.63, 3.8) is 0 Å². The molecule has 0 aliphatic heterocycles. The average Bonchev–Trinajstić information content (AvgIpc) is 2.97. The maximum absolute atomic E-state index is 14.2. The van der Waals surface area contributed by atoms with E-state index in [0.29, 0.717) is 27.9 Å². The standard InChI is InChI=1S/C31H37Cl2N3O6S/c1-20(2)17-34-31(38)22(4)35(18-25-26(32)8-7-9-27(25)33)30(37)19-36(28-16-23(41-5)12-15-29(28)42-6)43(39,40)24-13-10-21(3)11-14-24/h7-16,20,22H,17-19H2,1-6H3,(H,34,38). The topological polar surface area (TPSA) is 105 Å². The highest BCUT2D eigenvalue weighted by Gasteiger charge is 2.34. The molecule has 0 saturated heterocycles. The molecule has 1 unspecified atom stereocenters. The molecule has 0 aliphatic rings. The Kier molecular flexibility index (Phi) is 11.7. The van der Waals surface area contributed by atoms with E-state index in [0.717, 1.165) is 9.87 Å². The summed E-state index contributed by atoms with van der Waals surface area (Å²) in [6, 6.07) is 14.9. The molecular weight excluding hydrogens is 613 g/mol. The van der Waals surface area contributed by atoms with Crippen LogP contribution in [0.15, 0.2) is 65.6 Å². The number of amides is 2. The molecule has 43 heavy (non-hydrogen) atoms. The Morgan fingerprint density at radius 3 is 2.12 bits per heavy atom. The van der Waals surface area contributed by atoms with Crippen molar-refractivity contribution < 1.29 is 27.5 Å². The van der Waals surface area contributed by atoms with Crippen molar-refractivity contribution in [3.8, 4) is 11.5 Å². The van der Waals surface area contributed by atoms with Crippen LogP contribution in [0.4, 0.5) is 5.69 Å². The molecule has 0 aliphatic carbocycles. The second kappa shape index (κ2) is 14.8. The Morgan fingerprint density at radius 2 is 1.56 bits per heavy atom. The predicted molar refractivity (Wildman–Crippen MR) is 170 cm³/mol. The van der Waals surface area contributed by atoms with E-state index < -0.39 is 34.4 Å². The lowest BCUT2D eigenvalue weighted by Crippen LogP contribution is -2.51. The van der Waals surface area contributed by atoms with Gasteiger partial charge in [0.25, 0.3) is 10.0 Å². The van der Waals surface area contributed by atoms with E-state index >= 15 is 0 Å². The number of sulfonamides is 1. The lowest BCUT2D eigenvalue weighted by molar-refractivity contribution is -0.139. The normalized spacial score (nSPS) is 12.0. The molecule has 2 amide bonds. The zero-order valence-electron chi connectivity index (χ0n) is 25.1. The molecule has 9 nitrogen and oxygen atoms in total. The number of halogens is 2. The number of aryl methyl sites for hydroxylation is 1. The smallest absolute Gasteiger partial charge is 0.264 e. The third-order valence-corrected chi connectivity index (χ3v) is 9.27. The third-order valence-electron chi connectivity index (χ3n) is 6.78. The molecule has 12 heteroatoms. The van der Waals surface area contributed by atoms with Crippen molar-refractivity contribution in [2.75, 3.05) is 31.6 Å². The summed E-state index contributed by atoms with van der Waals surface area (Å²) >= 11 is 12.9. The van der Waals surface area contributed by atoms with Crippen LogP contribution in [0, 0.1) is 12.8 Å². The minimum absolute atomic E-state index is 0.0285. The van der Waals surface area contributed by atoms with Crippen LogP contribution in [0.5, 0.6) is 11.5 Å². The molecule has 0 heterocycles. The molecule has 3 rings (SSSR count). The van der Waals surface area contributed by atoms with Crippen molar-refractivity contribution >= 4 is 50.7 Å². The molecule has 0 saturated carbocycles. The second-order valence-corrected chi connectivity index (χ2v) is 13.1. The van der Waals surface area contributed by atoms with E-state index in [1.165, 1.54) is 37.3 Å². The third kappa shape index (κ3) is 8.34. The number of ether oxygens (including phenoxy) is 2. The van der Waals surface area contributed by atoms with Crippen molar-refractivity contribution in [3.05, 3.63) is 81.8 Å². The number of methoxy groups -OCH3 is 2. The second-order valence-electron chi connectivity index (χ2n) is 10.4. The number of nitrogens with zero attached hydrogens (tertiary/aromatic N) is 2. The first kappa shape index (κ1) is 34.0. The average molecular weight is 651 g/mol. The number of nitrogens with one attached hydrogen (secondary N) is 1. The molecule has 0 aromatic heterocycles. The molecule has 0 radical (unpaired) electrons. The summed E-state index contributed by atoms with van der Waals surface area (Å²) in [7, 11) is -1.47. The van der Waals surface area contributed by atoms with Gasteiger partial charge in [0.2, 0.25) is 11.8 Å². The molecule has 232 valence electrons. The van der Waals surface area contributed by atoms with Gasteiger partial charge in [-0.15, -0.1) is 0 Å². The Balaban J connectivity index is 2.14. The van der Waals surface area contributed by atoms with Crippen LogP contribution in [0.1, 0.15) is 31.9 Å². The van der Waals surface area contributed by atoms with Gasteiger partial charge >= 0.3 is 0 Å².